The SMILES string of the molecule is CC#C[C@@H]1[C@@H](C(=O)OC(C)(C)C)C1(C)C. The maximum absolute atomic E-state index is 11.8. The quantitative estimate of drug-likeness (QED) is 0.489. The molecule has 0 spiro atoms. The van der Waals surface area contributed by atoms with Gasteiger partial charge in [-0.3, -0.25) is 4.79 Å². The van der Waals surface area contributed by atoms with E-state index < -0.39 is 5.60 Å². The second kappa shape index (κ2) is 3.56. The van der Waals surface area contributed by atoms with Crippen LogP contribution in [0.25, 0.3) is 0 Å². The third kappa shape index (κ3) is 2.53. The second-order valence-corrected chi connectivity index (χ2v) is 5.70. The second-order valence-electron chi connectivity index (χ2n) is 5.70. The molecule has 15 heavy (non-hydrogen) atoms. The van der Waals surface area contributed by atoms with Gasteiger partial charge in [-0.2, -0.15) is 0 Å². The Morgan fingerprint density at radius 3 is 2.27 bits per heavy atom. The Bertz CT molecular complexity index is 323. The summed E-state index contributed by atoms with van der Waals surface area (Å²) in [6.45, 7) is 11.6. The monoisotopic (exact) mass is 208 g/mol. The van der Waals surface area contributed by atoms with Crippen molar-refractivity contribution in [3.8, 4) is 11.8 Å². The summed E-state index contributed by atoms with van der Waals surface area (Å²) in [5.41, 5.74) is -0.425. The van der Waals surface area contributed by atoms with Gasteiger partial charge in [0.15, 0.2) is 0 Å². The summed E-state index contributed by atoms with van der Waals surface area (Å²) in [5.74, 6) is 5.95. The highest BCUT2D eigenvalue weighted by atomic mass is 16.6. The molecular weight excluding hydrogens is 188 g/mol. The smallest absolute Gasteiger partial charge is 0.311 e. The highest BCUT2D eigenvalue weighted by Crippen LogP contribution is 2.58. The highest BCUT2D eigenvalue weighted by molar-refractivity contribution is 5.79. The van der Waals surface area contributed by atoms with Gasteiger partial charge in [0.05, 0.1) is 5.92 Å². The van der Waals surface area contributed by atoms with E-state index in [1.807, 2.05) is 20.8 Å². The first-order chi connectivity index (χ1) is 6.70. The molecule has 0 aromatic heterocycles. The van der Waals surface area contributed by atoms with Crippen molar-refractivity contribution in [2.24, 2.45) is 17.3 Å². The lowest BCUT2D eigenvalue weighted by atomic mass is 10.1. The largest absolute Gasteiger partial charge is 0.460 e. The number of esters is 1. The van der Waals surface area contributed by atoms with Crippen molar-refractivity contribution in [3.63, 3.8) is 0 Å². The van der Waals surface area contributed by atoms with E-state index in [4.69, 9.17) is 4.74 Å². The molecule has 1 rings (SSSR count). The van der Waals surface area contributed by atoms with Crippen LogP contribution in [0.15, 0.2) is 0 Å². The summed E-state index contributed by atoms with van der Waals surface area (Å²) in [5, 5.41) is 0. The number of carbonyl (C=O) groups excluding carboxylic acids is 1. The lowest BCUT2D eigenvalue weighted by Crippen LogP contribution is -2.26. The fourth-order valence-electron chi connectivity index (χ4n) is 1.87. The Kier molecular flexibility index (Phi) is 2.87. The van der Waals surface area contributed by atoms with Gasteiger partial charge in [-0.15, -0.1) is 5.92 Å². The third-order valence-electron chi connectivity index (χ3n) is 2.79. The fraction of sp³-hybridized carbons (Fsp3) is 0.769. The Balaban J connectivity index is 2.67. The van der Waals surface area contributed by atoms with Crippen molar-refractivity contribution in [2.45, 2.75) is 47.1 Å². The standard InChI is InChI=1S/C13H20O2/c1-7-8-9-10(13(9,5)6)11(14)15-12(2,3)4/h9-10H,1-6H3/t9-,10+/m1/s1. The van der Waals surface area contributed by atoms with Crippen LogP contribution in [0.4, 0.5) is 0 Å². The molecule has 0 aromatic rings. The molecule has 1 aliphatic carbocycles. The van der Waals surface area contributed by atoms with Crippen molar-refractivity contribution in [1.29, 1.82) is 0 Å². The zero-order chi connectivity index (χ0) is 11.9. The van der Waals surface area contributed by atoms with Crippen LogP contribution in [0.1, 0.15) is 41.5 Å². The molecule has 0 saturated heterocycles. The van der Waals surface area contributed by atoms with Gasteiger partial charge >= 0.3 is 5.97 Å². The van der Waals surface area contributed by atoms with Crippen LogP contribution in [0.3, 0.4) is 0 Å². The van der Waals surface area contributed by atoms with Crippen LogP contribution >= 0.6 is 0 Å². The Morgan fingerprint density at radius 2 is 1.87 bits per heavy atom. The average molecular weight is 208 g/mol. The van der Waals surface area contributed by atoms with E-state index in [-0.39, 0.29) is 23.2 Å². The van der Waals surface area contributed by atoms with Crippen LogP contribution in [-0.4, -0.2) is 11.6 Å². The summed E-state index contributed by atoms with van der Waals surface area (Å²) in [6.07, 6.45) is 0. The summed E-state index contributed by atoms with van der Waals surface area (Å²) < 4.78 is 5.37. The molecule has 1 fully saturated rings. The van der Waals surface area contributed by atoms with E-state index >= 15 is 0 Å². The number of ether oxygens (including phenoxy) is 1. The molecule has 84 valence electrons. The molecular formula is C13H20O2. The molecule has 0 N–H and O–H groups in total. The van der Waals surface area contributed by atoms with Gasteiger partial charge in [0.1, 0.15) is 5.60 Å². The summed E-state index contributed by atoms with van der Waals surface area (Å²) >= 11 is 0. The zero-order valence-corrected chi connectivity index (χ0v) is 10.5. The summed E-state index contributed by atoms with van der Waals surface area (Å²) in [7, 11) is 0. The number of hydrogen-bond acceptors (Lipinski definition) is 2. The normalized spacial score (nSPS) is 27.6. The van der Waals surface area contributed by atoms with Crippen LogP contribution in [-0.2, 0) is 9.53 Å². The molecule has 2 nitrogen and oxygen atoms in total. The maximum atomic E-state index is 11.8. The summed E-state index contributed by atoms with van der Waals surface area (Å²) in [6, 6.07) is 0. The molecule has 0 heterocycles. The van der Waals surface area contributed by atoms with Gasteiger partial charge in [-0.1, -0.05) is 19.8 Å². The van der Waals surface area contributed by atoms with Gasteiger partial charge in [-0.25, -0.2) is 0 Å². The average Bonchev–Trinajstić information content (AvgIpc) is 2.50. The molecule has 0 radical (unpaired) electrons. The van der Waals surface area contributed by atoms with Gasteiger partial charge in [-0.05, 0) is 33.1 Å². The van der Waals surface area contributed by atoms with Crippen molar-refractivity contribution in [1.82, 2.24) is 0 Å². The van der Waals surface area contributed by atoms with E-state index in [9.17, 15) is 4.79 Å². The summed E-state index contributed by atoms with van der Waals surface area (Å²) in [4.78, 5) is 11.8. The van der Waals surface area contributed by atoms with Crippen LogP contribution in [0.5, 0.6) is 0 Å². The first kappa shape index (κ1) is 12.1. The van der Waals surface area contributed by atoms with Crippen LogP contribution in [0.2, 0.25) is 0 Å². The minimum atomic E-state index is -0.403. The number of rotatable bonds is 1. The molecule has 0 aromatic carbocycles. The molecule has 0 unspecified atom stereocenters. The van der Waals surface area contributed by atoms with Gasteiger partial charge in [0.2, 0.25) is 0 Å². The molecule has 2 atom stereocenters. The van der Waals surface area contributed by atoms with Crippen molar-refractivity contribution in [3.05, 3.63) is 0 Å². The Morgan fingerprint density at radius 1 is 1.33 bits per heavy atom. The molecule has 2 heteroatoms. The van der Waals surface area contributed by atoms with Crippen molar-refractivity contribution < 1.29 is 9.53 Å². The molecule has 0 aliphatic heterocycles. The first-order valence-corrected chi connectivity index (χ1v) is 5.35. The van der Waals surface area contributed by atoms with E-state index in [1.54, 1.807) is 6.92 Å². The van der Waals surface area contributed by atoms with E-state index in [1.165, 1.54) is 0 Å². The van der Waals surface area contributed by atoms with Crippen LogP contribution in [0, 0.1) is 29.1 Å². The van der Waals surface area contributed by atoms with Gasteiger partial charge in [0.25, 0.3) is 0 Å². The van der Waals surface area contributed by atoms with Gasteiger partial charge < -0.3 is 4.74 Å². The Hall–Kier alpha value is -0.970. The number of carbonyl (C=O) groups is 1. The lowest BCUT2D eigenvalue weighted by Gasteiger charge is -2.19. The Labute approximate surface area is 92.4 Å². The van der Waals surface area contributed by atoms with Crippen molar-refractivity contribution >= 4 is 5.97 Å². The minimum Gasteiger partial charge on any atom is -0.460 e. The van der Waals surface area contributed by atoms with Crippen LogP contribution < -0.4 is 0 Å². The number of hydrogen-bond donors (Lipinski definition) is 0. The molecule has 0 amide bonds. The molecule has 0 bridgehead atoms. The van der Waals surface area contributed by atoms with Gasteiger partial charge in [0, 0.05) is 5.92 Å². The predicted molar refractivity (Wildman–Crippen MR) is 60.1 cm³/mol. The molecule has 1 saturated carbocycles. The van der Waals surface area contributed by atoms with E-state index in [2.05, 4.69) is 25.7 Å². The van der Waals surface area contributed by atoms with E-state index in [0.29, 0.717) is 0 Å². The first-order valence-electron chi connectivity index (χ1n) is 5.35. The van der Waals surface area contributed by atoms with Crippen molar-refractivity contribution in [2.75, 3.05) is 0 Å². The fourth-order valence-corrected chi connectivity index (χ4v) is 1.87. The predicted octanol–water partition coefficient (Wildman–Crippen LogP) is 2.62. The topological polar surface area (TPSA) is 26.3 Å². The highest BCUT2D eigenvalue weighted by Gasteiger charge is 2.62. The molecule has 1 aliphatic rings. The third-order valence-corrected chi connectivity index (χ3v) is 2.79. The zero-order valence-electron chi connectivity index (χ0n) is 10.5. The minimum absolute atomic E-state index is 0.0225. The maximum Gasteiger partial charge on any atom is 0.311 e. The lowest BCUT2D eigenvalue weighted by molar-refractivity contribution is -0.157. The van der Waals surface area contributed by atoms with E-state index in [0.717, 1.165) is 0 Å².